The van der Waals surface area contributed by atoms with Crippen LogP contribution in [0, 0.1) is 0 Å². The summed E-state index contributed by atoms with van der Waals surface area (Å²) in [5.74, 6) is 0. The number of ether oxygens (including phenoxy) is 1. The van der Waals surface area contributed by atoms with Crippen LogP contribution < -0.4 is 5.32 Å². The Labute approximate surface area is 117 Å². The van der Waals surface area contributed by atoms with Crippen LogP contribution in [-0.4, -0.2) is 31.5 Å². The van der Waals surface area contributed by atoms with Gasteiger partial charge in [-0.05, 0) is 36.9 Å². The van der Waals surface area contributed by atoms with Crippen molar-refractivity contribution < 1.29 is 9.84 Å². The molecule has 0 amide bonds. The maximum absolute atomic E-state index is 8.60. The van der Waals surface area contributed by atoms with E-state index in [4.69, 9.17) is 9.84 Å². The van der Waals surface area contributed by atoms with Crippen LogP contribution in [-0.2, 0) is 11.2 Å². The highest BCUT2D eigenvalue weighted by Crippen LogP contribution is 2.17. The summed E-state index contributed by atoms with van der Waals surface area (Å²) in [6.07, 6.45) is 3.15. The highest BCUT2D eigenvalue weighted by molar-refractivity contribution is 5.24. The summed E-state index contributed by atoms with van der Waals surface area (Å²) in [5.41, 5.74) is 2.74. The molecule has 0 fully saturated rings. The number of benzene rings is 1. The Morgan fingerprint density at radius 1 is 1.16 bits per heavy atom. The minimum Gasteiger partial charge on any atom is -0.394 e. The molecule has 0 aliphatic carbocycles. The Balaban J connectivity index is 2.31. The lowest BCUT2D eigenvalue weighted by Gasteiger charge is -2.17. The summed E-state index contributed by atoms with van der Waals surface area (Å²) in [7, 11) is 0. The van der Waals surface area contributed by atoms with Crippen molar-refractivity contribution in [2.24, 2.45) is 0 Å². The van der Waals surface area contributed by atoms with Gasteiger partial charge in [0.1, 0.15) is 0 Å². The molecular formula is C16H27NO2. The normalized spacial score (nSPS) is 12.6. The molecule has 1 unspecified atom stereocenters. The molecule has 0 spiro atoms. The third-order valence-electron chi connectivity index (χ3n) is 3.29. The second-order valence-electron chi connectivity index (χ2n) is 4.70. The van der Waals surface area contributed by atoms with Gasteiger partial charge in [-0.1, -0.05) is 38.1 Å². The van der Waals surface area contributed by atoms with Crippen molar-refractivity contribution in [3.05, 3.63) is 35.4 Å². The van der Waals surface area contributed by atoms with Gasteiger partial charge in [-0.25, -0.2) is 0 Å². The van der Waals surface area contributed by atoms with Crippen molar-refractivity contribution in [1.82, 2.24) is 5.32 Å². The minimum absolute atomic E-state index is 0.106. The van der Waals surface area contributed by atoms with Gasteiger partial charge in [0.2, 0.25) is 0 Å². The molecule has 0 aliphatic rings. The van der Waals surface area contributed by atoms with E-state index in [2.05, 4.69) is 43.4 Å². The highest BCUT2D eigenvalue weighted by Gasteiger charge is 2.07. The first-order valence-corrected chi connectivity index (χ1v) is 7.32. The SMILES string of the molecule is CCc1ccc(C(CC)NCCCOCCO)cc1. The topological polar surface area (TPSA) is 41.5 Å². The lowest BCUT2D eigenvalue weighted by atomic mass is 10.0. The van der Waals surface area contributed by atoms with Gasteiger partial charge in [-0.3, -0.25) is 0 Å². The smallest absolute Gasteiger partial charge is 0.0697 e. The Bertz CT molecular complexity index is 324. The van der Waals surface area contributed by atoms with Gasteiger partial charge in [0.05, 0.1) is 13.2 Å². The average Bonchev–Trinajstić information content (AvgIpc) is 2.47. The van der Waals surface area contributed by atoms with E-state index in [1.165, 1.54) is 11.1 Å². The van der Waals surface area contributed by atoms with Crippen LogP contribution in [0.4, 0.5) is 0 Å². The summed E-state index contributed by atoms with van der Waals surface area (Å²) in [4.78, 5) is 0. The number of rotatable bonds is 10. The molecular weight excluding hydrogens is 238 g/mol. The lowest BCUT2D eigenvalue weighted by molar-refractivity contribution is 0.0903. The molecule has 0 saturated carbocycles. The fourth-order valence-corrected chi connectivity index (χ4v) is 2.10. The van der Waals surface area contributed by atoms with Gasteiger partial charge in [-0.2, -0.15) is 0 Å². The molecule has 0 aromatic heterocycles. The van der Waals surface area contributed by atoms with Crippen molar-refractivity contribution >= 4 is 0 Å². The highest BCUT2D eigenvalue weighted by atomic mass is 16.5. The molecule has 0 heterocycles. The Hall–Kier alpha value is -0.900. The third kappa shape index (κ3) is 6.19. The first-order valence-electron chi connectivity index (χ1n) is 7.32. The molecule has 1 aromatic carbocycles. The molecule has 0 radical (unpaired) electrons. The van der Waals surface area contributed by atoms with Gasteiger partial charge in [0, 0.05) is 12.6 Å². The Morgan fingerprint density at radius 3 is 2.47 bits per heavy atom. The van der Waals surface area contributed by atoms with E-state index in [-0.39, 0.29) is 6.61 Å². The van der Waals surface area contributed by atoms with Crippen LogP contribution in [0.15, 0.2) is 24.3 Å². The van der Waals surface area contributed by atoms with Crippen LogP contribution >= 0.6 is 0 Å². The van der Waals surface area contributed by atoms with Gasteiger partial charge < -0.3 is 15.2 Å². The van der Waals surface area contributed by atoms with Crippen LogP contribution in [0.1, 0.15) is 43.9 Å². The first kappa shape index (κ1) is 16.2. The molecule has 2 N–H and O–H groups in total. The van der Waals surface area contributed by atoms with Gasteiger partial charge >= 0.3 is 0 Å². The van der Waals surface area contributed by atoms with Crippen LogP contribution in [0.2, 0.25) is 0 Å². The van der Waals surface area contributed by atoms with Crippen molar-refractivity contribution in [3.8, 4) is 0 Å². The maximum Gasteiger partial charge on any atom is 0.0697 e. The Morgan fingerprint density at radius 2 is 1.89 bits per heavy atom. The van der Waals surface area contributed by atoms with E-state index in [1.807, 2.05) is 0 Å². The molecule has 108 valence electrons. The summed E-state index contributed by atoms with van der Waals surface area (Å²) in [5, 5.41) is 12.2. The molecule has 1 rings (SSSR count). The number of hydrogen-bond donors (Lipinski definition) is 2. The molecule has 1 aromatic rings. The fraction of sp³-hybridized carbons (Fsp3) is 0.625. The number of hydrogen-bond acceptors (Lipinski definition) is 3. The van der Waals surface area contributed by atoms with E-state index in [9.17, 15) is 0 Å². The Kier molecular flexibility index (Phi) is 8.47. The van der Waals surface area contributed by atoms with Crippen molar-refractivity contribution in [2.75, 3.05) is 26.4 Å². The largest absolute Gasteiger partial charge is 0.394 e. The molecule has 0 aliphatic heterocycles. The maximum atomic E-state index is 8.60. The number of nitrogens with one attached hydrogen (secondary N) is 1. The quantitative estimate of drug-likeness (QED) is 0.639. The monoisotopic (exact) mass is 265 g/mol. The zero-order valence-electron chi connectivity index (χ0n) is 12.2. The summed E-state index contributed by atoms with van der Waals surface area (Å²) in [6.45, 7) is 6.58. The van der Waals surface area contributed by atoms with E-state index in [1.54, 1.807) is 0 Å². The standard InChI is InChI=1S/C16H27NO2/c1-3-14-6-8-15(9-7-14)16(4-2)17-10-5-12-19-13-11-18/h6-9,16-18H,3-5,10-13H2,1-2H3. The molecule has 3 nitrogen and oxygen atoms in total. The molecule has 19 heavy (non-hydrogen) atoms. The lowest BCUT2D eigenvalue weighted by Crippen LogP contribution is -2.23. The molecule has 1 atom stereocenters. The van der Waals surface area contributed by atoms with Crippen LogP contribution in [0.3, 0.4) is 0 Å². The van der Waals surface area contributed by atoms with E-state index in [0.717, 1.165) is 25.8 Å². The average molecular weight is 265 g/mol. The number of aryl methyl sites for hydroxylation is 1. The second-order valence-corrected chi connectivity index (χ2v) is 4.70. The van der Waals surface area contributed by atoms with Crippen LogP contribution in [0.5, 0.6) is 0 Å². The number of aliphatic hydroxyl groups excluding tert-OH is 1. The van der Waals surface area contributed by atoms with E-state index in [0.29, 0.717) is 19.3 Å². The zero-order chi connectivity index (χ0) is 13.9. The summed E-state index contributed by atoms with van der Waals surface area (Å²) >= 11 is 0. The van der Waals surface area contributed by atoms with Crippen molar-refractivity contribution in [2.45, 2.75) is 39.2 Å². The van der Waals surface area contributed by atoms with Crippen LogP contribution in [0.25, 0.3) is 0 Å². The molecule has 0 saturated heterocycles. The van der Waals surface area contributed by atoms with Crippen molar-refractivity contribution in [1.29, 1.82) is 0 Å². The summed E-state index contributed by atoms with van der Waals surface area (Å²) < 4.78 is 5.24. The second kappa shape index (κ2) is 9.96. The molecule has 0 bridgehead atoms. The number of aliphatic hydroxyl groups is 1. The van der Waals surface area contributed by atoms with Gasteiger partial charge in [0.25, 0.3) is 0 Å². The minimum atomic E-state index is 0.106. The van der Waals surface area contributed by atoms with Crippen molar-refractivity contribution in [3.63, 3.8) is 0 Å². The fourth-order valence-electron chi connectivity index (χ4n) is 2.10. The molecule has 3 heteroatoms. The third-order valence-corrected chi connectivity index (χ3v) is 3.29. The predicted molar refractivity (Wildman–Crippen MR) is 79.4 cm³/mol. The van der Waals surface area contributed by atoms with Gasteiger partial charge in [-0.15, -0.1) is 0 Å². The first-order chi connectivity index (χ1) is 9.31. The predicted octanol–water partition coefficient (Wildman–Crippen LogP) is 2.69. The van der Waals surface area contributed by atoms with E-state index < -0.39 is 0 Å². The van der Waals surface area contributed by atoms with Gasteiger partial charge in [0.15, 0.2) is 0 Å². The van der Waals surface area contributed by atoms with E-state index >= 15 is 0 Å². The zero-order valence-corrected chi connectivity index (χ0v) is 12.2. The summed E-state index contributed by atoms with van der Waals surface area (Å²) in [6, 6.07) is 9.29.